The Morgan fingerprint density at radius 1 is 1.16 bits per heavy atom. The standard InChI is InChI=1S/C16H25N3/c1-10-14(15(17)19(2)18-10)9-16-6-11-3-12(7-16)5-13(4-11)8-16/h11-13H,3-9,17H2,1-2H3. The number of anilines is 1. The van der Waals surface area contributed by atoms with E-state index < -0.39 is 0 Å². The van der Waals surface area contributed by atoms with Crippen LogP contribution in [0.3, 0.4) is 0 Å². The van der Waals surface area contributed by atoms with E-state index in [4.69, 9.17) is 5.73 Å². The van der Waals surface area contributed by atoms with E-state index in [1.54, 1.807) is 0 Å². The largest absolute Gasteiger partial charge is 0.384 e. The maximum absolute atomic E-state index is 6.23. The predicted octanol–water partition coefficient (Wildman–Crippen LogP) is 3.07. The van der Waals surface area contributed by atoms with E-state index in [0.717, 1.165) is 29.3 Å². The van der Waals surface area contributed by atoms with Crippen molar-refractivity contribution in [2.45, 2.75) is 51.9 Å². The average molecular weight is 259 g/mol. The number of hydrogen-bond acceptors (Lipinski definition) is 2. The molecule has 3 heteroatoms. The first-order valence-electron chi connectivity index (χ1n) is 7.83. The van der Waals surface area contributed by atoms with E-state index in [9.17, 15) is 0 Å². The van der Waals surface area contributed by atoms with E-state index in [-0.39, 0.29) is 0 Å². The quantitative estimate of drug-likeness (QED) is 0.887. The number of aromatic nitrogens is 2. The molecule has 0 unspecified atom stereocenters. The van der Waals surface area contributed by atoms with Crippen LogP contribution in [-0.4, -0.2) is 9.78 Å². The first kappa shape index (κ1) is 11.8. The van der Waals surface area contributed by atoms with Crippen LogP contribution < -0.4 is 5.73 Å². The van der Waals surface area contributed by atoms with Crippen molar-refractivity contribution in [2.24, 2.45) is 30.2 Å². The molecular weight excluding hydrogens is 234 g/mol. The second-order valence-electron chi connectivity index (χ2n) is 7.67. The summed E-state index contributed by atoms with van der Waals surface area (Å²) < 4.78 is 1.85. The number of nitrogen functional groups attached to an aromatic ring is 1. The fourth-order valence-corrected chi connectivity index (χ4v) is 5.82. The van der Waals surface area contributed by atoms with Crippen molar-refractivity contribution in [3.63, 3.8) is 0 Å². The van der Waals surface area contributed by atoms with Crippen LogP contribution >= 0.6 is 0 Å². The SMILES string of the molecule is Cc1nn(C)c(N)c1CC12CC3CC(CC(C3)C1)C2. The number of nitrogens with zero attached hydrogens (tertiary/aromatic N) is 2. The third kappa shape index (κ3) is 1.73. The van der Waals surface area contributed by atoms with Crippen molar-refractivity contribution in [3.8, 4) is 0 Å². The van der Waals surface area contributed by atoms with Gasteiger partial charge in [-0.2, -0.15) is 5.10 Å². The topological polar surface area (TPSA) is 43.8 Å². The monoisotopic (exact) mass is 259 g/mol. The van der Waals surface area contributed by atoms with Gasteiger partial charge in [0.15, 0.2) is 0 Å². The number of rotatable bonds is 2. The first-order chi connectivity index (χ1) is 9.05. The third-order valence-electron chi connectivity index (χ3n) is 6.11. The van der Waals surface area contributed by atoms with Crippen LogP contribution in [-0.2, 0) is 13.5 Å². The van der Waals surface area contributed by atoms with E-state index in [1.807, 2.05) is 11.7 Å². The highest BCUT2D eigenvalue weighted by Crippen LogP contribution is 2.61. The molecule has 4 fully saturated rings. The van der Waals surface area contributed by atoms with Gasteiger partial charge in [-0.3, -0.25) is 4.68 Å². The average Bonchev–Trinajstić information content (AvgIpc) is 2.54. The Kier molecular flexibility index (Phi) is 2.34. The summed E-state index contributed by atoms with van der Waals surface area (Å²) in [5.41, 5.74) is 9.29. The van der Waals surface area contributed by atoms with Gasteiger partial charge in [0, 0.05) is 12.6 Å². The summed E-state index contributed by atoms with van der Waals surface area (Å²) in [5, 5.41) is 4.50. The molecule has 2 N–H and O–H groups in total. The Hall–Kier alpha value is -0.990. The first-order valence-corrected chi connectivity index (χ1v) is 7.83. The lowest BCUT2D eigenvalue weighted by Gasteiger charge is -2.57. The zero-order valence-corrected chi connectivity index (χ0v) is 12.2. The van der Waals surface area contributed by atoms with E-state index in [2.05, 4.69) is 12.0 Å². The highest BCUT2D eigenvalue weighted by molar-refractivity contribution is 5.43. The maximum Gasteiger partial charge on any atom is 0.124 e. The summed E-state index contributed by atoms with van der Waals surface area (Å²) in [5.74, 6) is 3.95. The van der Waals surface area contributed by atoms with Gasteiger partial charge in [-0.25, -0.2) is 0 Å². The molecule has 104 valence electrons. The maximum atomic E-state index is 6.23. The molecule has 3 nitrogen and oxygen atoms in total. The van der Waals surface area contributed by atoms with Gasteiger partial charge >= 0.3 is 0 Å². The lowest BCUT2D eigenvalue weighted by atomic mass is 9.48. The second kappa shape index (κ2) is 3.77. The van der Waals surface area contributed by atoms with Gasteiger partial charge in [0.1, 0.15) is 5.82 Å². The van der Waals surface area contributed by atoms with Crippen LogP contribution in [0.25, 0.3) is 0 Å². The highest BCUT2D eigenvalue weighted by atomic mass is 15.3. The van der Waals surface area contributed by atoms with Crippen molar-refractivity contribution in [2.75, 3.05) is 5.73 Å². The third-order valence-corrected chi connectivity index (χ3v) is 6.11. The summed E-state index contributed by atoms with van der Waals surface area (Å²) in [4.78, 5) is 0. The normalized spacial score (nSPS) is 40.0. The van der Waals surface area contributed by atoms with Crippen LogP contribution in [0.1, 0.15) is 49.8 Å². The van der Waals surface area contributed by atoms with Gasteiger partial charge in [0.2, 0.25) is 0 Å². The molecule has 4 bridgehead atoms. The minimum Gasteiger partial charge on any atom is -0.384 e. The molecule has 0 atom stereocenters. The molecule has 0 aromatic carbocycles. The van der Waals surface area contributed by atoms with Gasteiger partial charge < -0.3 is 5.73 Å². The molecule has 1 aromatic heterocycles. The molecule has 4 aliphatic carbocycles. The zero-order chi connectivity index (χ0) is 13.2. The van der Waals surface area contributed by atoms with E-state index in [1.165, 1.54) is 50.5 Å². The number of nitrogens with two attached hydrogens (primary N) is 1. The Morgan fingerprint density at radius 2 is 1.68 bits per heavy atom. The zero-order valence-electron chi connectivity index (χ0n) is 12.2. The summed E-state index contributed by atoms with van der Waals surface area (Å²) in [7, 11) is 1.96. The summed E-state index contributed by atoms with van der Waals surface area (Å²) in [6.45, 7) is 2.12. The molecule has 1 heterocycles. The van der Waals surface area contributed by atoms with Crippen LogP contribution in [0.4, 0.5) is 5.82 Å². The molecule has 4 saturated carbocycles. The number of aryl methyl sites for hydroxylation is 2. The van der Waals surface area contributed by atoms with Gasteiger partial charge in [-0.05, 0) is 75.0 Å². The summed E-state index contributed by atoms with van der Waals surface area (Å²) >= 11 is 0. The second-order valence-corrected chi connectivity index (χ2v) is 7.67. The minimum atomic E-state index is 0.566. The summed E-state index contributed by atoms with van der Waals surface area (Å²) in [6, 6.07) is 0. The van der Waals surface area contributed by atoms with Crippen molar-refractivity contribution in [3.05, 3.63) is 11.3 Å². The van der Waals surface area contributed by atoms with Crippen LogP contribution in [0, 0.1) is 30.1 Å². The highest BCUT2D eigenvalue weighted by Gasteiger charge is 2.51. The smallest absolute Gasteiger partial charge is 0.124 e. The molecule has 0 aliphatic heterocycles. The predicted molar refractivity (Wildman–Crippen MR) is 76.7 cm³/mol. The Bertz CT molecular complexity index is 479. The lowest BCUT2D eigenvalue weighted by Crippen LogP contribution is -2.47. The Morgan fingerprint density at radius 3 is 2.11 bits per heavy atom. The molecule has 0 saturated heterocycles. The van der Waals surface area contributed by atoms with Crippen molar-refractivity contribution in [1.82, 2.24) is 9.78 Å². The lowest BCUT2D eigenvalue weighted by molar-refractivity contribution is -0.0521. The van der Waals surface area contributed by atoms with Gasteiger partial charge in [-0.1, -0.05) is 0 Å². The van der Waals surface area contributed by atoms with Crippen molar-refractivity contribution < 1.29 is 0 Å². The van der Waals surface area contributed by atoms with E-state index in [0.29, 0.717) is 5.41 Å². The van der Waals surface area contributed by atoms with Crippen molar-refractivity contribution >= 4 is 5.82 Å². The Balaban J connectivity index is 1.66. The molecule has 5 rings (SSSR count). The van der Waals surface area contributed by atoms with Gasteiger partial charge in [0.05, 0.1) is 5.69 Å². The van der Waals surface area contributed by atoms with Crippen LogP contribution in [0.5, 0.6) is 0 Å². The van der Waals surface area contributed by atoms with E-state index >= 15 is 0 Å². The van der Waals surface area contributed by atoms with Gasteiger partial charge in [0.25, 0.3) is 0 Å². The summed E-state index contributed by atoms with van der Waals surface area (Å²) in [6.07, 6.45) is 10.1. The number of hydrogen-bond donors (Lipinski definition) is 1. The molecule has 1 aromatic rings. The van der Waals surface area contributed by atoms with Gasteiger partial charge in [-0.15, -0.1) is 0 Å². The molecule has 0 spiro atoms. The Labute approximate surface area is 115 Å². The van der Waals surface area contributed by atoms with Crippen LogP contribution in [0.15, 0.2) is 0 Å². The molecule has 4 aliphatic rings. The molecule has 0 radical (unpaired) electrons. The fraction of sp³-hybridized carbons (Fsp3) is 0.812. The molecular formula is C16H25N3. The molecule has 0 amide bonds. The van der Waals surface area contributed by atoms with Crippen LogP contribution in [0.2, 0.25) is 0 Å². The minimum absolute atomic E-state index is 0.566. The van der Waals surface area contributed by atoms with Crippen molar-refractivity contribution in [1.29, 1.82) is 0 Å². The fourth-order valence-electron chi connectivity index (χ4n) is 5.82. The molecule has 19 heavy (non-hydrogen) atoms.